The molecule has 0 spiro atoms. The van der Waals surface area contributed by atoms with Crippen molar-refractivity contribution in [1.82, 2.24) is 5.32 Å². The van der Waals surface area contributed by atoms with Crippen LogP contribution in [0.1, 0.15) is 23.8 Å². The van der Waals surface area contributed by atoms with E-state index in [1.54, 1.807) is 31.2 Å². The largest absolute Gasteiger partial charge is 0.445 e. The lowest BCUT2D eigenvalue weighted by molar-refractivity contribution is 0.135. The normalized spacial score (nSPS) is 14.3. The molecule has 2 aromatic rings. The Hall–Kier alpha value is -2.14. The van der Waals surface area contributed by atoms with Gasteiger partial charge in [0.25, 0.3) is 0 Å². The number of nitrogens with one attached hydrogen (secondary N) is 1. The van der Waals surface area contributed by atoms with Crippen molar-refractivity contribution < 1.29 is 23.1 Å². The second-order valence-corrected chi connectivity index (χ2v) is 7.38. The monoisotopic (exact) mass is 363 g/mol. The first-order chi connectivity index (χ1) is 12.1. The maximum Gasteiger partial charge on any atom is 0.408 e. The highest BCUT2D eigenvalue weighted by atomic mass is 31.2. The van der Waals surface area contributed by atoms with Gasteiger partial charge in [0.2, 0.25) is 0 Å². The topological polar surface area (TPSA) is 73.9 Å². The van der Waals surface area contributed by atoms with Crippen molar-refractivity contribution >= 4 is 13.7 Å². The smallest absolute Gasteiger partial charge is 0.408 e. The number of ether oxygens (including phenoxy) is 1. The van der Waals surface area contributed by atoms with Crippen LogP contribution in [-0.4, -0.2) is 19.8 Å². The molecule has 0 saturated heterocycles. The van der Waals surface area contributed by atoms with E-state index in [0.717, 1.165) is 5.56 Å². The Balaban J connectivity index is 2.13. The van der Waals surface area contributed by atoms with Gasteiger partial charge in [-0.15, -0.1) is 0 Å². The number of benzene rings is 2. The van der Waals surface area contributed by atoms with Gasteiger partial charge >= 0.3 is 13.7 Å². The lowest BCUT2D eigenvalue weighted by Gasteiger charge is -2.26. The fourth-order valence-electron chi connectivity index (χ4n) is 2.27. The van der Waals surface area contributed by atoms with Crippen molar-refractivity contribution in [3.8, 4) is 0 Å². The number of carbonyl (C=O) groups is 1. The highest BCUT2D eigenvalue weighted by Gasteiger charge is 2.37. The molecule has 2 unspecified atom stereocenters. The molecule has 0 saturated carbocycles. The molecule has 0 heterocycles. The third-order valence-corrected chi connectivity index (χ3v) is 5.65. The van der Waals surface area contributed by atoms with Crippen LogP contribution < -0.4 is 5.32 Å². The Kier molecular flexibility index (Phi) is 7.19. The quantitative estimate of drug-likeness (QED) is 0.700. The van der Waals surface area contributed by atoms with Gasteiger partial charge in [-0.3, -0.25) is 4.57 Å². The van der Waals surface area contributed by atoms with Crippen molar-refractivity contribution in [2.45, 2.75) is 19.3 Å². The highest BCUT2D eigenvalue weighted by molar-refractivity contribution is 7.54. The van der Waals surface area contributed by atoms with E-state index in [2.05, 4.69) is 5.32 Å². The molecule has 134 valence electrons. The SMILES string of the molecule is CCOP(=O)(OC)C(NC(=O)OCc1ccccc1)c1ccccc1. The zero-order valence-electron chi connectivity index (χ0n) is 14.3. The fourth-order valence-corrected chi connectivity index (χ4v) is 3.90. The van der Waals surface area contributed by atoms with Gasteiger partial charge in [-0.25, -0.2) is 4.79 Å². The molecule has 2 rings (SSSR count). The average molecular weight is 363 g/mol. The third-order valence-electron chi connectivity index (χ3n) is 3.46. The summed E-state index contributed by atoms with van der Waals surface area (Å²) in [6.07, 6.45) is -0.699. The van der Waals surface area contributed by atoms with Crippen LogP contribution in [-0.2, 0) is 25.0 Å². The maximum absolute atomic E-state index is 13.0. The molecule has 7 heteroatoms. The first kappa shape index (κ1) is 19.2. The van der Waals surface area contributed by atoms with Crippen molar-refractivity contribution in [2.75, 3.05) is 13.7 Å². The molecule has 0 fully saturated rings. The molecule has 1 N–H and O–H groups in total. The summed E-state index contributed by atoms with van der Waals surface area (Å²) in [6, 6.07) is 18.2. The zero-order chi connectivity index (χ0) is 18.1. The van der Waals surface area contributed by atoms with E-state index in [1.807, 2.05) is 36.4 Å². The summed E-state index contributed by atoms with van der Waals surface area (Å²) in [4.78, 5) is 12.2. The molecule has 0 aliphatic rings. The zero-order valence-corrected chi connectivity index (χ0v) is 15.1. The second kappa shape index (κ2) is 9.37. The molecule has 0 aromatic heterocycles. The number of hydrogen-bond acceptors (Lipinski definition) is 5. The Morgan fingerprint density at radius 1 is 1.08 bits per heavy atom. The lowest BCUT2D eigenvalue weighted by atomic mass is 10.2. The molecular formula is C18H22NO5P. The summed E-state index contributed by atoms with van der Waals surface area (Å²) in [5.74, 6) is -0.957. The number of amides is 1. The summed E-state index contributed by atoms with van der Waals surface area (Å²) in [7, 11) is -2.30. The van der Waals surface area contributed by atoms with Gasteiger partial charge in [0, 0.05) is 7.11 Å². The van der Waals surface area contributed by atoms with Gasteiger partial charge in [-0.05, 0) is 18.1 Å². The van der Waals surface area contributed by atoms with Crippen LogP contribution in [0.2, 0.25) is 0 Å². The van der Waals surface area contributed by atoms with Gasteiger partial charge < -0.3 is 19.1 Å². The first-order valence-corrected chi connectivity index (χ1v) is 9.52. The van der Waals surface area contributed by atoms with Gasteiger partial charge in [0.15, 0.2) is 5.78 Å². The predicted molar refractivity (Wildman–Crippen MR) is 95.2 cm³/mol. The minimum atomic E-state index is -3.59. The van der Waals surface area contributed by atoms with E-state index in [1.165, 1.54) is 7.11 Å². The van der Waals surface area contributed by atoms with Crippen LogP contribution in [0, 0.1) is 0 Å². The van der Waals surface area contributed by atoms with Gasteiger partial charge in [-0.2, -0.15) is 0 Å². The van der Waals surface area contributed by atoms with E-state index < -0.39 is 19.5 Å². The molecule has 0 bridgehead atoms. The summed E-state index contributed by atoms with van der Waals surface area (Å²) in [6.45, 7) is 2.01. The minimum Gasteiger partial charge on any atom is -0.445 e. The Morgan fingerprint density at radius 3 is 2.24 bits per heavy atom. The Labute approximate surface area is 147 Å². The highest BCUT2D eigenvalue weighted by Crippen LogP contribution is 2.58. The third kappa shape index (κ3) is 5.43. The minimum absolute atomic E-state index is 0.111. The standard InChI is InChI=1S/C18H22NO5P/c1-3-24-25(21,22-2)17(16-12-8-5-9-13-16)19-18(20)23-14-15-10-6-4-7-11-15/h4-13,17H,3,14H2,1-2H3,(H,19,20). The van der Waals surface area contributed by atoms with Crippen LogP contribution in [0.25, 0.3) is 0 Å². The molecular weight excluding hydrogens is 341 g/mol. The Morgan fingerprint density at radius 2 is 1.68 bits per heavy atom. The first-order valence-electron chi connectivity index (χ1n) is 7.91. The summed E-state index contributed by atoms with van der Waals surface area (Å²) >= 11 is 0. The van der Waals surface area contributed by atoms with E-state index in [-0.39, 0.29) is 13.2 Å². The summed E-state index contributed by atoms with van der Waals surface area (Å²) in [5, 5.41) is 2.61. The summed E-state index contributed by atoms with van der Waals surface area (Å²) in [5.41, 5.74) is 1.46. The van der Waals surface area contributed by atoms with Crippen LogP contribution in [0.5, 0.6) is 0 Å². The molecule has 1 amide bonds. The molecule has 25 heavy (non-hydrogen) atoms. The van der Waals surface area contributed by atoms with Gasteiger partial charge in [0.05, 0.1) is 6.61 Å². The van der Waals surface area contributed by atoms with Gasteiger partial charge in [-0.1, -0.05) is 60.7 Å². The van der Waals surface area contributed by atoms with Gasteiger partial charge in [0.1, 0.15) is 6.61 Å². The average Bonchev–Trinajstić information content (AvgIpc) is 2.66. The summed E-state index contributed by atoms with van der Waals surface area (Å²) < 4.78 is 28.6. The molecule has 0 aliphatic heterocycles. The maximum atomic E-state index is 13.0. The molecule has 0 aliphatic carbocycles. The van der Waals surface area contributed by atoms with E-state index in [4.69, 9.17) is 13.8 Å². The van der Waals surface area contributed by atoms with Crippen molar-refractivity contribution in [3.05, 3.63) is 71.8 Å². The van der Waals surface area contributed by atoms with Crippen LogP contribution >= 0.6 is 7.60 Å². The molecule has 2 aromatic carbocycles. The number of rotatable bonds is 8. The van der Waals surface area contributed by atoms with Crippen LogP contribution in [0.15, 0.2) is 60.7 Å². The van der Waals surface area contributed by atoms with Crippen LogP contribution in [0.3, 0.4) is 0 Å². The number of alkyl carbamates (subject to hydrolysis) is 1. The second-order valence-electron chi connectivity index (χ2n) is 5.16. The number of carbonyl (C=O) groups excluding carboxylic acids is 1. The predicted octanol–water partition coefficient (Wildman–Crippen LogP) is 4.49. The Bertz CT molecular complexity index is 708. The van der Waals surface area contributed by atoms with E-state index >= 15 is 0 Å². The van der Waals surface area contributed by atoms with Crippen molar-refractivity contribution in [3.63, 3.8) is 0 Å². The van der Waals surface area contributed by atoms with Crippen LogP contribution in [0.4, 0.5) is 4.79 Å². The molecule has 6 nitrogen and oxygen atoms in total. The van der Waals surface area contributed by atoms with E-state index in [0.29, 0.717) is 5.56 Å². The molecule has 2 atom stereocenters. The van der Waals surface area contributed by atoms with E-state index in [9.17, 15) is 9.36 Å². The fraction of sp³-hybridized carbons (Fsp3) is 0.278. The number of hydrogen-bond donors (Lipinski definition) is 1. The molecule has 0 radical (unpaired) electrons. The lowest BCUT2D eigenvalue weighted by Crippen LogP contribution is -2.30. The van der Waals surface area contributed by atoms with Crippen molar-refractivity contribution in [2.24, 2.45) is 0 Å². The van der Waals surface area contributed by atoms with Crippen molar-refractivity contribution in [1.29, 1.82) is 0 Å².